The molecular weight excluding hydrogens is 390 g/mol. The molecule has 1 atom stereocenters. The molecular formula is C21H21N3O4S. The zero-order valence-corrected chi connectivity index (χ0v) is 16.8. The number of amides is 1. The van der Waals surface area contributed by atoms with Crippen molar-refractivity contribution in [2.24, 2.45) is 0 Å². The van der Waals surface area contributed by atoms with Crippen LogP contribution in [0.2, 0.25) is 0 Å². The first kappa shape index (κ1) is 20.3. The maximum atomic E-state index is 12.4. The SMILES string of the molecule is Cc1ccc(O[C@@H](C)C(=O)Nc2ccc(S(=O)(=O)Nc3ccccn3)cc2)cc1. The Labute approximate surface area is 169 Å². The van der Waals surface area contributed by atoms with Gasteiger partial charge in [0.1, 0.15) is 11.6 Å². The molecule has 1 aromatic heterocycles. The molecule has 0 unspecified atom stereocenters. The second kappa shape index (κ2) is 8.74. The number of hydrogen-bond acceptors (Lipinski definition) is 5. The fourth-order valence-electron chi connectivity index (χ4n) is 2.46. The van der Waals surface area contributed by atoms with Crippen molar-refractivity contribution in [2.45, 2.75) is 24.8 Å². The quantitative estimate of drug-likeness (QED) is 0.619. The van der Waals surface area contributed by atoms with Crippen molar-refractivity contribution in [3.8, 4) is 5.75 Å². The van der Waals surface area contributed by atoms with Crippen LogP contribution >= 0.6 is 0 Å². The molecule has 0 bridgehead atoms. The molecule has 3 rings (SSSR count). The summed E-state index contributed by atoms with van der Waals surface area (Å²) in [6, 6.07) is 18.2. The first-order valence-electron chi connectivity index (χ1n) is 8.91. The molecule has 2 aromatic carbocycles. The van der Waals surface area contributed by atoms with Gasteiger partial charge in [-0.15, -0.1) is 0 Å². The van der Waals surface area contributed by atoms with Gasteiger partial charge in [-0.25, -0.2) is 13.4 Å². The molecule has 8 heteroatoms. The van der Waals surface area contributed by atoms with Crippen molar-refractivity contribution in [1.29, 1.82) is 0 Å². The summed E-state index contributed by atoms with van der Waals surface area (Å²) in [6.07, 6.45) is 0.781. The Kier molecular flexibility index (Phi) is 6.13. The first-order valence-corrected chi connectivity index (χ1v) is 10.4. The lowest BCUT2D eigenvalue weighted by Gasteiger charge is -2.15. The van der Waals surface area contributed by atoms with Gasteiger partial charge in [0.15, 0.2) is 6.10 Å². The summed E-state index contributed by atoms with van der Waals surface area (Å²) in [5.41, 5.74) is 1.56. The summed E-state index contributed by atoms with van der Waals surface area (Å²) in [4.78, 5) is 16.3. The van der Waals surface area contributed by atoms with Crippen LogP contribution in [0, 0.1) is 6.92 Å². The lowest BCUT2D eigenvalue weighted by atomic mass is 10.2. The van der Waals surface area contributed by atoms with Crippen LogP contribution in [0.4, 0.5) is 11.5 Å². The van der Waals surface area contributed by atoms with E-state index in [-0.39, 0.29) is 16.6 Å². The van der Waals surface area contributed by atoms with Crippen molar-refractivity contribution in [3.63, 3.8) is 0 Å². The third-order valence-electron chi connectivity index (χ3n) is 4.04. The molecule has 0 aliphatic heterocycles. The Bertz CT molecular complexity index is 1070. The van der Waals surface area contributed by atoms with Gasteiger partial charge in [0.05, 0.1) is 4.90 Å². The van der Waals surface area contributed by atoms with E-state index in [1.807, 2.05) is 19.1 Å². The molecule has 0 aliphatic carbocycles. The standard InChI is InChI=1S/C21H21N3O4S/c1-15-6-10-18(11-7-15)28-16(2)21(25)23-17-8-12-19(13-9-17)29(26,27)24-20-5-3-4-14-22-20/h3-14,16H,1-2H3,(H,22,24)(H,23,25)/t16-/m0/s1. The minimum absolute atomic E-state index is 0.0603. The van der Waals surface area contributed by atoms with E-state index >= 15 is 0 Å². The minimum Gasteiger partial charge on any atom is -0.481 e. The molecule has 0 saturated heterocycles. The van der Waals surface area contributed by atoms with E-state index in [1.54, 1.807) is 37.3 Å². The van der Waals surface area contributed by atoms with Gasteiger partial charge in [0, 0.05) is 11.9 Å². The number of benzene rings is 2. The highest BCUT2D eigenvalue weighted by molar-refractivity contribution is 7.92. The van der Waals surface area contributed by atoms with Crippen LogP contribution in [0.15, 0.2) is 77.8 Å². The van der Waals surface area contributed by atoms with Crippen LogP contribution in [0.3, 0.4) is 0 Å². The maximum absolute atomic E-state index is 12.4. The van der Waals surface area contributed by atoms with Gasteiger partial charge in [-0.1, -0.05) is 23.8 Å². The van der Waals surface area contributed by atoms with Crippen LogP contribution in [0.5, 0.6) is 5.75 Å². The summed E-state index contributed by atoms with van der Waals surface area (Å²) in [7, 11) is -3.77. The number of aromatic nitrogens is 1. The van der Waals surface area contributed by atoms with E-state index in [4.69, 9.17) is 4.74 Å². The summed E-state index contributed by atoms with van der Waals surface area (Å²) in [6.45, 7) is 3.61. The number of aryl methyl sites for hydroxylation is 1. The molecule has 1 heterocycles. The third kappa shape index (κ3) is 5.55. The molecule has 3 aromatic rings. The fraction of sp³-hybridized carbons (Fsp3) is 0.143. The lowest BCUT2D eigenvalue weighted by Crippen LogP contribution is -2.30. The van der Waals surface area contributed by atoms with Gasteiger partial charge in [0.2, 0.25) is 0 Å². The van der Waals surface area contributed by atoms with Crippen molar-refractivity contribution in [3.05, 3.63) is 78.5 Å². The molecule has 0 spiro atoms. The van der Waals surface area contributed by atoms with Crippen molar-refractivity contribution < 1.29 is 17.9 Å². The van der Waals surface area contributed by atoms with Crippen LogP contribution in [0.25, 0.3) is 0 Å². The summed E-state index contributed by atoms with van der Waals surface area (Å²) in [5.74, 6) is 0.486. The minimum atomic E-state index is -3.77. The van der Waals surface area contributed by atoms with Crippen molar-refractivity contribution in [2.75, 3.05) is 10.0 Å². The molecule has 1 amide bonds. The average Bonchev–Trinajstić information content (AvgIpc) is 2.70. The highest BCUT2D eigenvalue weighted by Crippen LogP contribution is 2.18. The number of nitrogens with one attached hydrogen (secondary N) is 2. The van der Waals surface area contributed by atoms with E-state index in [2.05, 4.69) is 15.0 Å². The van der Waals surface area contributed by atoms with E-state index in [9.17, 15) is 13.2 Å². The summed E-state index contributed by atoms with van der Waals surface area (Å²) in [5, 5.41) is 2.71. The number of pyridine rings is 1. The number of carbonyl (C=O) groups is 1. The number of rotatable bonds is 7. The molecule has 7 nitrogen and oxygen atoms in total. The van der Waals surface area contributed by atoms with Crippen molar-refractivity contribution in [1.82, 2.24) is 4.98 Å². The molecule has 29 heavy (non-hydrogen) atoms. The average molecular weight is 411 g/mol. The Morgan fingerprint density at radius 1 is 1.00 bits per heavy atom. The largest absolute Gasteiger partial charge is 0.481 e. The smallest absolute Gasteiger partial charge is 0.265 e. The molecule has 0 fully saturated rings. The van der Waals surface area contributed by atoms with Gasteiger partial charge >= 0.3 is 0 Å². The Morgan fingerprint density at radius 3 is 2.31 bits per heavy atom. The van der Waals surface area contributed by atoms with Gasteiger partial charge < -0.3 is 10.1 Å². The lowest BCUT2D eigenvalue weighted by molar-refractivity contribution is -0.122. The second-order valence-electron chi connectivity index (χ2n) is 6.41. The Morgan fingerprint density at radius 2 is 1.69 bits per heavy atom. The number of hydrogen-bond donors (Lipinski definition) is 2. The fourth-order valence-corrected chi connectivity index (χ4v) is 3.46. The number of sulfonamides is 1. The molecule has 150 valence electrons. The third-order valence-corrected chi connectivity index (χ3v) is 5.41. The Hall–Kier alpha value is -3.39. The van der Waals surface area contributed by atoms with Crippen LogP contribution in [-0.4, -0.2) is 25.4 Å². The highest BCUT2D eigenvalue weighted by atomic mass is 32.2. The van der Waals surface area contributed by atoms with Crippen LogP contribution in [-0.2, 0) is 14.8 Å². The van der Waals surface area contributed by atoms with Gasteiger partial charge in [-0.3, -0.25) is 9.52 Å². The summed E-state index contributed by atoms with van der Waals surface area (Å²) >= 11 is 0. The van der Waals surface area contributed by atoms with Crippen molar-refractivity contribution >= 4 is 27.4 Å². The number of anilines is 2. The van der Waals surface area contributed by atoms with Gasteiger partial charge in [-0.2, -0.15) is 0 Å². The van der Waals surface area contributed by atoms with E-state index in [1.165, 1.54) is 30.5 Å². The van der Waals surface area contributed by atoms with Gasteiger partial charge in [-0.05, 0) is 62.4 Å². The van der Waals surface area contributed by atoms with E-state index in [0.717, 1.165) is 5.56 Å². The van der Waals surface area contributed by atoms with Crippen LogP contribution in [0.1, 0.15) is 12.5 Å². The van der Waals surface area contributed by atoms with Crippen LogP contribution < -0.4 is 14.8 Å². The molecule has 0 radical (unpaired) electrons. The zero-order chi connectivity index (χ0) is 20.9. The molecule has 0 aliphatic rings. The monoisotopic (exact) mass is 411 g/mol. The summed E-state index contributed by atoms with van der Waals surface area (Å²) < 4.78 is 32.8. The number of nitrogens with zero attached hydrogens (tertiary/aromatic N) is 1. The van der Waals surface area contributed by atoms with E-state index < -0.39 is 16.1 Å². The Balaban J connectivity index is 1.62. The highest BCUT2D eigenvalue weighted by Gasteiger charge is 2.17. The zero-order valence-electron chi connectivity index (χ0n) is 16.0. The molecule has 2 N–H and O–H groups in total. The van der Waals surface area contributed by atoms with E-state index in [0.29, 0.717) is 11.4 Å². The normalized spacial score (nSPS) is 12.1. The second-order valence-corrected chi connectivity index (χ2v) is 8.09. The topological polar surface area (TPSA) is 97.4 Å². The maximum Gasteiger partial charge on any atom is 0.265 e. The van der Waals surface area contributed by atoms with Gasteiger partial charge in [0.25, 0.3) is 15.9 Å². The number of carbonyl (C=O) groups excluding carboxylic acids is 1. The molecule has 0 saturated carbocycles. The number of ether oxygens (including phenoxy) is 1. The predicted octanol–water partition coefficient (Wildman–Crippen LogP) is 3.60. The first-order chi connectivity index (χ1) is 13.8. The predicted molar refractivity (Wildman–Crippen MR) is 111 cm³/mol.